The quantitative estimate of drug-likeness (QED) is 0.631. The van der Waals surface area contributed by atoms with Gasteiger partial charge in [-0.25, -0.2) is 13.1 Å². The van der Waals surface area contributed by atoms with Crippen LogP contribution in [0.5, 0.6) is 0 Å². The SMILES string of the molecule is O=S(=O)(NC1C2c3ccccc3C(c3ccccc32)C1O)c1ccc(Cl)c(Cl)c1. The summed E-state index contributed by atoms with van der Waals surface area (Å²) in [6.07, 6.45) is -0.887. The Bertz CT molecular complexity index is 1180. The summed E-state index contributed by atoms with van der Waals surface area (Å²) in [5.41, 5.74) is 4.19. The van der Waals surface area contributed by atoms with Crippen LogP contribution < -0.4 is 4.72 Å². The predicted octanol–water partition coefficient (Wildman–Crippen LogP) is 4.29. The van der Waals surface area contributed by atoms with Crippen molar-refractivity contribution in [3.05, 3.63) is 99.0 Å². The molecule has 2 unspecified atom stereocenters. The normalized spacial score (nSPS) is 24.8. The zero-order valence-corrected chi connectivity index (χ0v) is 17.4. The van der Waals surface area contributed by atoms with E-state index in [1.165, 1.54) is 18.2 Å². The third-order valence-electron chi connectivity index (χ3n) is 5.89. The minimum atomic E-state index is -3.91. The number of aliphatic hydroxyl groups is 1. The maximum Gasteiger partial charge on any atom is 0.240 e. The lowest BCUT2D eigenvalue weighted by Crippen LogP contribution is -2.55. The monoisotopic (exact) mass is 445 g/mol. The van der Waals surface area contributed by atoms with E-state index in [9.17, 15) is 13.5 Å². The molecule has 3 aromatic rings. The third-order valence-corrected chi connectivity index (χ3v) is 8.09. The van der Waals surface area contributed by atoms with Crippen LogP contribution in [0.25, 0.3) is 0 Å². The van der Waals surface area contributed by atoms with Crippen molar-refractivity contribution >= 4 is 33.2 Å². The van der Waals surface area contributed by atoms with Gasteiger partial charge >= 0.3 is 0 Å². The number of fused-ring (bicyclic) bond motifs is 1. The number of sulfonamides is 1. The largest absolute Gasteiger partial charge is 0.390 e. The first-order valence-electron chi connectivity index (χ1n) is 9.21. The molecule has 7 heteroatoms. The molecule has 29 heavy (non-hydrogen) atoms. The summed E-state index contributed by atoms with van der Waals surface area (Å²) in [5, 5.41) is 11.6. The highest BCUT2D eigenvalue weighted by molar-refractivity contribution is 7.89. The number of aliphatic hydroxyl groups excluding tert-OH is 1. The van der Waals surface area contributed by atoms with Crippen molar-refractivity contribution in [2.75, 3.05) is 0 Å². The Morgan fingerprint density at radius 1 is 0.759 bits per heavy atom. The highest BCUT2D eigenvalue weighted by atomic mass is 35.5. The van der Waals surface area contributed by atoms with Crippen molar-refractivity contribution in [1.29, 1.82) is 0 Å². The number of benzene rings is 3. The standard InChI is InChI=1S/C22H17Cl2NO3S/c23-17-10-9-12(11-18(17)24)29(27,28)25-21-19-13-5-1-3-7-15(13)20(22(21)26)16-8-4-2-6-14(16)19/h1-11,19-22,25-26H. The average Bonchev–Trinajstić information content (AvgIpc) is 2.71. The fourth-order valence-electron chi connectivity index (χ4n) is 4.68. The van der Waals surface area contributed by atoms with Crippen molar-refractivity contribution in [3.63, 3.8) is 0 Å². The lowest BCUT2D eigenvalue weighted by Gasteiger charge is -2.48. The highest BCUT2D eigenvalue weighted by Crippen LogP contribution is 2.52. The van der Waals surface area contributed by atoms with E-state index in [4.69, 9.17) is 23.2 Å². The fourth-order valence-corrected chi connectivity index (χ4v) is 6.33. The average molecular weight is 446 g/mol. The Hall–Kier alpha value is -1.89. The third kappa shape index (κ3) is 2.92. The topological polar surface area (TPSA) is 66.4 Å². The van der Waals surface area contributed by atoms with Crippen LogP contribution in [0.3, 0.4) is 0 Å². The summed E-state index contributed by atoms with van der Waals surface area (Å²) in [4.78, 5) is 0.0158. The molecule has 3 aromatic carbocycles. The van der Waals surface area contributed by atoms with Gasteiger partial charge in [0.2, 0.25) is 10.0 Å². The van der Waals surface area contributed by atoms with Crippen LogP contribution in [-0.2, 0) is 10.0 Å². The van der Waals surface area contributed by atoms with Crippen molar-refractivity contribution in [2.24, 2.45) is 0 Å². The lowest BCUT2D eigenvalue weighted by molar-refractivity contribution is 0.0946. The summed E-state index contributed by atoms with van der Waals surface area (Å²) in [6.45, 7) is 0. The maximum absolute atomic E-state index is 13.1. The second kappa shape index (κ2) is 6.83. The van der Waals surface area contributed by atoms with Crippen LogP contribution in [0.1, 0.15) is 34.1 Å². The molecule has 0 heterocycles. The van der Waals surface area contributed by atoms with Gasteiger partial charge in [-0.3, -0.25) is 0 Å². The number of nitrogens with one attached hydrogen (secondary N) is 1. The summed E-state index contributed by atoms with van der Waals surface area (Å²) in [6, 6.07) is 19.3. The van der Waals surface area contributed by atoms with E-state index in [-0.39, 0.29) is 26.8 Å². The van der Waals surface area contributed by atoms with E-state index >= 15 is 0 Å². The number of hydrogen-bond acceptors (Lipinski definition) is 3. The molecule has 0 aliphatic heterocycles. The van der Waals surface area contributed by atoms with Gasteiger partial charge in [0.25, 0.3) is 0 Å². The summed E-state index contributed by atoms with van der Waals surface area (Å²) in [5.74, 6) is -0.561. The number of halogens is 2. The molecule has 4 nitrogen and oxygen atoms in total. The predicted molar refractivity (Wildman–Crippen MR) is 113 cm³/mol. The molecular formula is C22H17Cl2NO3S. The fraction of sp³-hybridized carbons (Fsp3) is 0.182. The molecule has 0 saturated carbocycles. The zero-order chi connectivity index (χ0) is 20.3. The van der Waals surface area contributed by atoms with Crippen LogP contribution in [0.4, 0.5) is 0 Å². The molecule has 3 aliphatic rings. The molecule has 0 aromatic heterocycles. The van der Waals surface area contributed by atoms with Crippen molar-refractivity contribution in [2.45, 2.75) is 28.9 Å². The van der Waals surface area contributed by atoms with Gasteiger partial charge in [0.05, 0.1) is 27.1 Å². The van der Waals surface area contributed by atoms with Gasteiger partial charge in [0, 0.05) is 11.8 Å². The number of rotatable bonds is 3. The van der Waals surface area contributed by atoms with E-state index in [0.29, 0.717) is 0 Å². The Labute approximate surface area is 179 Å². The van der Waals surface area contributed by atoms with Crippen molar-refractivity contribution in [1.82, 2.24) is 4.72 Å². The van der Waals surface area contributed by atoms with Gasteiger partial charge < -0.3 is 5.11 Å². The van der Waals surface area contributed by atoms with Crippen molar-refractivity contribution in [3.8, 4) is 0 Å². The van der Waals surface area contributed by atoms with Crippen molar-refractivity contribution < 1.29 is 13.5 Å². The molecule has 0 spiro atoms. The molecule has 0 amide bonds. The molecule has 148 valence electrons. The van der Waals surface area contributed by atoms with Gasteiger partial charge in [0.15, 0.2) is 0 Å². The minimum absolute atomic E-state index is 0.0158. The first-order valence-corrected chi connectivity index (χ1v) is 11.5. The van der Waals surface area contributed by atoms with E-state index in [2.05, 4.69) is 4.72 Å². The first kappa shape index (κ1) is 19.1. The summed E-state index contributed by atoms with van der Waals surface area (Å²) < 4.78 is 28.9. The van der Waals surface area contributed by atoms with E-state index in [0.717, 1.165) is 22.3 Å². The number of hydrogen-bond donors (Lipinski definition) is 2. The van der Waals surface area contributed by atoms with E-state index in [1.54, 1.807) is 0 Å². The summed E-state index contributed by atoms with van der Waals surface area (Å²) in [7, 11) is -3.91. The first-order chi connectivity index (χ1) is 13.9. The van der Waals surface area contributed by atoms with Crippen LogP contribution in [-0.4, -0.2) is 25.7 Å². The van der Waals surface area contributed by atoms with Crippen LogP contribution in [0, 0.1) is 0 Å². The molecule has 3 aliphatic carbocycles. The Balaban J connectivity index is 1.61. The zero-order valence-electron chi connectivity index (χ0n) is 15.1. The van der Waals surface area contributed by atoms with Crippen LogP contribution in [0.15, 0.2) is 71.6 Å². The van der Waals surface area contributed by atoms with Gasteiger partial charge in [-0.2, -0.15) is 0 Å². The Morgan fingerprint density at radius 3 is 1.79 bits per heavy atom. The highest BCUT2D eigenvalue weighted by Gasteiger charge is 2.50. The minimum Gasteiger partial charge on any atom is -0.390 e. The smallest absolute Gasteiger partial charge is 0.240 e. The van der Waals surface area contributed by atoms with Gasteiger partial charge in [-0.05, 0) is 40.5 Å². The molecule has 2 atom stereocenters. The van der Waals surface area contributed by atoms with E-state index < -0.39 is 22.2 Å². The maximum atomic E-state index is 13.1. The van der Waals surface area contributed by atoms with Gasteiger partial charge in [0.1, 0.15) is 0 Å². The van der Waals surface area contributed by atoms with Gasteiger partial charge in [-0.1, -0.05) is 71.7 Å². The Morgan fingerprint density at radius 2 is 1.28 bits per heavy atom. The second-order valence-corrected chi connectivity index (χ2v) is 9.96. The molecule has 2 bridgehead atoms. The molecule has 0 saturated heterocycles. The summed E-state index contributed by atoms with van der Waals surface area (Å²) >= 11 is 11.9. The molecule has 2 N–H and O–H groups in total. The second-order valence-electron chi connectivity index (χ2n) is 7.43. The molecule has 0 radical (unpaired) electrons. The lowest BCUT2D eigenvalue weighted by atomic mass is 9.60. The Kier molecular flexibility index (Phi) is 4.49. The van der Waals surface area contributed by atoms with Crippen LogP contribution in [0.2, 0.25) is 10.0 Å². The molecule has 6 rings (SSSR count). The van der Waals surface area contributed by atoms with Crippen LogP contribution >= 0.6 is 23.2 Å². The van der Waals surface area contributed by atoms with Gasteiger partial charge in [-0.15, -0.1) is 0 Å². The van der Waals surface area contributed by atoms with E-state index in [1.807, 2.05) is 48.5 Å². The molecular weight excluding hydrogens is 429 g/mol. The molecule has 0 fully saturated rings.